The van der Waals surface area contributed by atoms with E-state index in [4.69, 9.17) is 10.5 Å². The molecule has 2 rings (SSSR count). The SMILES string of the molecule is CCCCSC(C)(C)[C@@H](NC(=O)OCCC)C(=O)N1C[C@H](N)C[C@H]1C(=O)NCC1CCCCC1. The molecule has 3 atom stereocenters. The number of carbonyl (C=O) groups excluding carboxylic acids is 3. The third kappa shape index (κ3) is 8.63. The van der Waals surface area contributed by atoms with E-state index in [-0.39, 0.29) is 24.5 Å². The quantitative estimate of drug-likeness (QED) is 0.355. The molecule has 0 aromatic heterocycles. The number of nitrogens with two attached hydrogens (primary N) is 1. The second-order valence-corrected chi connectivity index (χ2v) is 12.0. The van der Waals surface area contributed by atoms with E-state index < -0.39 is 22.9 Å². The number of carbonyl (C=O) groups is 3. The fraction of sp³-hybridized carbons (Fsp3) is 0.880. The van der Waals surface area contributed by atoms with E-state index in [9.17, 15) is 14.4 Å². The molecule has 34 heavy (non-hydrogen) atoms. The molecule has 1 aliphatic heterocycles. The maximum atomic E-state index is 13.8. The predicted molar refractivity (Wildman–Crippen MR) is 138 cm³/mol. The van der Waals surface area contributed by atoms with Crippen LogP contribution in [-0.4, -0.2) is 71.1 Å². The van der Waals surface area contributed by atoms with Crippen molar-refractivity contribution in [2.24, 2.45) is 11.7 Å². The fourth-order valence-corrected chi connectivity index (χ4v) is 6.02. The predicted octanol–water partition coefficient (Wildman–Crippen LogP) is 3.43. The Kier molecular flexibility index (Phi) is 12.0. The van der Waals surface area contributed by atoms with Crippen molar-refractivity contribution in [1.29, 1.82) is 0 Å². The van der Waals surface area contributed by atoms with Crippen LogP contribution < -0.4 is 16.4 Å². The maximum absolute atomic E-state index is 13.8. The average molecular weight is 499 g/mol. The Morgan fingerprint density at radius 3 is 2.50 bits per heavy atom. The summed E-state index contributed by atoms with van der Waals surface area (Å²) in [5.74, 6) is 0.974. The van der Waals surface area contributed by atoms with Gasteiger partial charge in [0.1, 0.15) is 12.1 Å². The van der Waals surface area contributed by atoms with Gasteiger partial charge in [-0.25, -0.2) is 4.79 Å². The highest BCUT2D eigenvalue weighted by Gasteiger charge is 2.45. The number of alkyl carbamates (subject to hydrolysis) is 1. The van der Waals surface area contributed by atoms with Crippen LogP contribution in [0.25, 0.3) is 0 Å². The van der Waals surface area contributed by atoms with Crippen molar-refractivity contribution in [3.8, 4) is 0 Å². The second-order valence-electron chi connectivity index (χ2n) is 10.3. The molecule has 2 fully saturated rings. The Bertz CT molecular complexity index is 669. The van der Waals surface area contributed by atoms with Gasteiger partial charge in [-0.1, -0.05) is 39.5 Å². The number of nitrogens with zero attached hydrogens (tertiary/aromatic N) is 1. The minimum Gasteiger partial charge on any atom is -0.450 e. The van der Waals surface area contributed by atoms with Crippen LogP contribution in [0.2, 0.25) is 0 Å². The van der Waals surface area contributed by atoms with Crippen LogP contribution in [0, 0.1) is 5.92 Å². The summed E-state index contributed by atoms with van der Waals surface area (Å²) in [4.78, 5) is 41.0. The Balaban J connectivity index is 2.13. The highest BCUT2D eigenvalue weighted by atomic mass is 32.2. The monoisotopic (exact) mass is 498 g/mol. The number of nitrogens with one attached hydrogen (secondary N) is 2. The van der Waals surface area contributed by atoms with Gasteiger partial charge in [0.05, 0.1) is 6.61 Å². The molecule has 0 radical (unpaired) electrons. The van der Waals surface area contributed by atoms with E-state index in [2.05, 4.69) is 17.6 Å². The van der Waals surface area contributed by atoms with E-state index >= 15 is 0 Å². The summed E-state index contributed by atoms with van der Waals surface area (Å²) in [6, 6.07) is -1.70. The topological polar surface area (TPSA) is 114 Å². The van der Waals surface area contributed by atoms with Crippen LogP contribution in [0.4, 0.5) is 4.79 Å². The third-order valence-electron chi connectivity index (χ3n) is 6.82. The minimum absolute atomic E-state index is 0.143. The smallest absolute Gasteiger partial charge is 0.407 e. The average Bonchev–Trinajstić information content (AvgIpc) is 3.21. The van der Waals surface area contributed by atoms with Crippen molar-refractivity contribution in [1.82, 2.24) is 15.5 Å². The summed E-state index contributed by atoms with van der Waals surface area (Å²) in [5.41, 5.74) is 6.21. The first kappa shape index (κ1) is 28.8. The molecule has 2 aliphatic rings. The first-order valence-corrected chi connectivity index (χ1v) is 14.1. The summed E-state index contributed by atoms with van der Waals surface area (Å²) in [7, 11) is 0. The van der Waals surface area contributed by atoms with Crippen molar-refractivity contribution in [2.45, 2.75) is 108 Å². The lowest BCUT2D eigenvalue weighted by Gasteiger charge is -2.37. The molecule has 4 N–H and O–H groups in total. The van der Waals surface area contributed by atoms with Gasteiger partial charge in [0.15, 0.2) is 0 Å². The molecular weight excluding hydrogens is 452 g/mol. The Morgan fingerprint density at radius 2 is 1.85 bits per heavy atom. The number of ether oxygens (including phenoxy) is 1. The van der Waals surface area contributed by atoms with Crippen LogP contribution >= 0.6 is 11.8 Å². The molecule has 1 aliphatic carbocycles. The third-order valence-corrected chi connectivity index (χ3v) is 8.29. The highest BCUT2D eigenvalue weighted by molar-refractivity contribution is 8.00. The molecule has 1 heterocycles. The Hall–Kier alpha value is -1.48. The zero-order valence-electron chi connectivity index (χ0n) is 21.6. The lowest BCUT2D eigenvalue weighted by atomic mass is 9.89. The summed E-state index contributed by atoms with van der Waals surface area (Å²) in [5, 5.41) is 5.89. The van der Waals surface area contributed by atoms with Crippen molar-refractivity contribution >= 4 is 29.7 Å². The van der Waals surface area contributed by atoms with Crippen LogP contribution in [0.5, 0.6) is 0 Å². The molecule has 0 aromatic carbocycles. The van der Waals surface area contributed by atoms with E-state index in [1.165, 1.54) is 19.3 Å². The second kappa shape index (κ2) is 14.2. The van der Waals surface area contributed by atoms with E-state index in [0.717, 1.165) is 31.4 Å². The van der Waals surface area contributed by atoms with Crippen LogP contribution in [0.15, 0.2) is 0 Å². The lowest BCUT2D eigenvalue weighted by Crippen LogP contribution is -2.60. The van der Waals surface area contributed by atoms with Crippen LogP contribution in [0.1, 0.15) is 85.5 Å². The summed E-state index contributed by atoms with van der Waals surface area (Å²) >= 11 is 1.65. The van der Waals surface area contributed by atoms with Gasteiger partial charge in [-0.05, 0) is 57.6 Å². The fourth-order valence-electron chi connectivity index (χ4n) is 4.73. The Morgan fingerprint density at radius 1 is 1.15 bits per heavy atom. The van der Waals surface area contributed by atoms with E-state index in [1.807, 2.05) is 20.8 Å². The molecule has 8 nitrogen and oxygen atoms in total. The van der Waals surface area contributed by atoms with Gasteiger partial charge >= 0.3 is 6.09 Å². The van der Waals surface area contributed by atoms with Crippen molar-refractivity contribution in [3.63, 3.8) is 0 Å². The molecule has 0 unspecified atom stereocenters. The van der Waals surface area contributed by atoms with Gasteiger partial charge in [0.25, 0.3) is 0 Å². The van der Waals surface area contributed by atoms with Gasteiger partial charge in [-0.3, -0.25) is 9.59 Å². The number of rotatable bonds is 12. The number of hydrogen-bond acceptors (Lipinski definition) is 6. The Labute approximate surface area is 209 Å². The zero-order valence-corrected chi connectivity index (χ0v) is 22.4. The minimum atomic E-state index is -0.822. The summed E-state index contributed by atoms with van der Waals surface area (Å²) < 4.78 is 4.65. The molecular formula is C25H46N4O4S. The zero-order chi connectivity index (χ0) is 25.1. The largest absolute Gasteiger partial charge is 0.450 e. The lowest BCUT2D eigenvalue weighted by molar-refractivity contribution is -0.140. The maximum Gasteiger partial charge on any atom is 0.407 e. The first-order valence-electron chi connectivity index (χ1n) is 13.1. The molecule has 1 saturated heterocycles. The van der Waals surface area contributed by atoms with Crippen molar-refractivity contribution in [3.05, 3.63) is 0 Å². The van der Waals surface area contributed by atoms with Gasteiger partial charge in [0.2, 0.25) is 11.8 Å². The summed E-state index contributed by atoms with van der Waals surface area (Å²) in [6.45, 7) is 9.21. The molecule has 1 saturated carbocycles. The number of hydrogen-bond donors (Lipinski definition) is 3. The number of thioether (sulfide) groups is 1. The van der Waals surface area contributed by atoms with Crippen LogP contribution in [0.3, 0.4) is 0 Å². The molecule has 196 valence electrons. The molecule has 0 bridgehead atoms. The van der Waals surface area contributed by atoms with Gasteiger partial charge in [-0.15, -0.1) is 0 Å². The highest BCUT2D eigenvalue weighted by Crippen LogP contribution is 2.32. The number of likely N-dealkylation sites (tertiary alicyclic amines) is 1. The standard InChI is InChI=1S/C25H46N4O4S/c1-5-7-14-34-25(3,4)21(28-24(32)33-13-6-2)23(31)29-17-19(26)15-20(29)22(30)27-16-18-11-9-8-10-12-18/h18-21H,5-17,26H2,1-4H3,(H,27,30)(H,28,32)/t19-,20+,21+/m1/s1. The van der Waals surface area contributed by atoms with Crippen molar-refractivity contribution in [2.75, 3.05) is 25.4 Å². The van der Waals surface area contributed by atoms with Crippen LogP contribution in [-0.2, 0) is 14.3 Å². The van der Waals surface area contributed by atoms with E-state index in [1.54, 1.807) is 16.7 Å². The molecule has 3 amide bonds. The van der Waals surface area contributed by atoms with Gasteiger partial charge < -0.3 is 26.0 Å². The molecule has 9 heteroatoms. The molecule has 0 aromatic rings. The number of unbranched alkanes of at least 4 members (excludes halogenated alkanes) is 1. The molecule has 0 spiro atoms. The van der Waals surface area contributed by atoms with E-state index in [0.29, 0.717) is 31.8 Å². The number of amides is 3. The van der Waals surface area contributed by atoms with Crippen molar-refractivity contribution < 1.29 is 19.1 Å². The van der Waals surface area contributed by atoms with Gasteiger partial charge in [0, 0.05) is 23.9 Å². The summed E-state index contributed by atoms with van der Waals surface area (Å²) in [6.07, 6.45) is 8.58. The normalized spacial score (nSPS) is 22.3. The first-order chi connectivity index (χ1) is 16.2. The van der Waals surface area contributed by atoms with Gasteiger partial charge in [-0.2, -0.15) is 11.8 Å².